The number of fused-ring (bicyclic) bond motifs is 1. The van der Waals surface area contributed by atoms with Gasteiger partial charge in [-0.2, -0.15) is 0 Å². The summed E-state index contributed by atoms with van der Waals surface area (Å²) >= 11 is 1.78. The van der Waals surface area contributed by atoms with E-state index >= 15 is 0 Å². The van der Waals surface area contributed by atoms with Crippen LogP contribution >= 0.6 is 11.8 Å². The summed E-state index contributed by atoms with van der Waals surface area (Å²) in [5, 5.41) is 4.86. The highest BCUT2D eigenvalue weighted by Gasteiger charge is 2.05. The Balaban J connectivity index is 1.65. The number of hydrogen-bond donors (Lipinski definition) is 2. The summed E-state index contributed by atoms with van der Waals surface area (Å²) in [4.78, 5) is 4.54. The van der Waals surface area contributed by atoms with Gasteiger partial charge in [0.1, 0.15) is 0 Å². The van der Waals surface area contributed by atoms with Crippen molar-refractivity contribution in [3.63, 3.8) is 0 Å². The molecule has 21 heavy (non-hydrogen) atoms. The second kappa shape index (κ2) is 6.37. The molecule has 2 N–H and O–H groups in total. The molecule has 2 aromatic carbocycles. The third-order valence-corrected chi connectivity index (χ3v) is 4.59. The molecular weight excluding hydrogens is 276 g/mol. The summed E-state index contributed by atoms with van der Waals surface area (Å²) in [5.41, 5.74) is 3.84. The summed E-state index contributed by atoms with van der Waals surface area (Å²) in [6.45, 7) is 3.09. The summed E-state index contributed by atoms with van der Waals surface area (Å²) in [6.07, 6.45) is 4.09. The van der Waals surface area contributed by atoms with E-state index in [9.17, 15) is 0 Å². The molecule has 1 heterocycles. The van der Waals surface area contributed by atoms with Crippen LogP contribution in [-0.2, 0) is 6.54 Å². The zero-order chi connectivity index (χ0) is 14.7. The molecule has 1 unspecified atom stereocenters. The van der Waals surface area contributed by atoms with Gasteiger partial charge in [-0.25, -0.2) is 0 Å². The zero-order valence-corrected chi connectivity index (χ0v) is 13.2. The van der Waals surface area contributed by atoms with Gasteiger partial charge in [0, 0.05) is 29.2 Å². The highest BCUT2D eigenvalue weighted by atomic mass is 32.2. The van der Waals surface area contributed by atoms with Crippen molar-refractivity contribution < 1.29 is 0 Å². The summed E-state index contributed by atoms with van der Waals surface area (Å²) in [6, 6.07) is 17.8. The molecule has 0 spiro atoms. The number of thioether (sulfide) groups is 1. The van der Waals surface area contributed by atoms with Gasteiger partial charge in [0.25, 0.3) is 0 Å². The first-order valence-electron chi connectivity index (χ1n) is 7.19. The number of nitrogens with one attached hydrogen (secondary N) is 2. The van der Waals surface area contributed by atoms with Crippen LogP contribution in [-0.4, -0.2) is 11.2 Å². The van der Waals surface area contributed by atoms with Crippen LogP contribution in [0.2, 0.25) is 0 Å². The second-order valence-corrected chi connectivity index (χ2v) is 6.15. The van der Waals surface area contributed by atoms with E-state index in [1.54, 1.807) is 11.8 Å². The fourth-order valence-electron chi connectivity index (χ4n) is 2.49. The summed E-state index contributed by atoms with van der Waals surface area (Å²) in [5.74, 6) is 0. The lowest BCUT2D eigenvalue weighted by atomic mass is 10.1. The van der Waals surface area contributed by atoms with Crippen molar-refractivity contribution in [2.45, 2.75) is 24.4 Å². The third-order valence-electron chi connectivity index (χ3n) is 3.85. The Morgan fingerprint density at radius 2 is 1.90 bits per heavy atom. The predicted molar refractivity (Wildman–Crippen MR) is 91.8 cm³/mol. The fourth-order valence-corrected chi connectivity index (χ4v) is 2.90. The molecule has 0 aliphatic carbocycles. The lowest BCUT2D eigenvalue weighted by molar-refractivity contribution is 0.574. The molecule has 0 fully saturated rings. The van der Waals surface area contributed by atoms with E-state index in [0.29, 0.717) is 6.04 Å². The predicted octanol–water partition coefficient (Wildman–Crippen LogP) is 4.74. The Morgan fingerprint density at radius 3 is 2.67 bits per heavy atom. The van der Waals surface area contributed by atoms with Gasteiger partial charge in [0.05, 0.1) is 0 Å². The van der Waals surface area contributed by atoms with E-state index in [-0.39, 0.29) is 0 Å². The number of hydrogen-bond acceptors (Lipinski definition) is 2. The Kier molecular flexibility index (Phi) is 4.32. The Labute approximate surface area is 130 Å². The van der Waals surface area contributed by atoms with E-state index < -0.39 is 0 Å². The van der Waals surface area contributed by atoms with Crippen LogP contribution in [0.4, 0.5) is 0 Å². The maximum absolute atomic E-state index is 3.59. The quantitative estimate of drug-likeness (QED) is 0.666. The van der Waals surface area contributed by atoms with Crippen molar-refractivity contribution in [2.75, 3.05) is 6.26 Å². The van der Waals surface area contributed by atoms with Crippen molar-refractivity contribution in [3.8, 4) is 0 Å². The molecule has 0 amide bonds. The standard InChI is InChI=1S/C18H20N2S/c1-13(15-4-6-17(21-2)7-5-15)20-12-14-3-8-18-16(11-14)9-10-19-18/h3-11,13,19-20H,12H2,1-2H3. The molecule has 3 heteroatoms. The maximum Gasteiger partial charge on any atom is 0.0454 e. The van der Waals surface area contributed by atoms with Crippen LogP contribution in [0.5, 0.6) is 0 Å². The first kappa shape index (κ1) is 14.2. The van der Waals surface area contributed by atoms with Crippen LogP contribution in [0.15, 0.2) is 59.6 Å². The second-order valence-electron chi connectivity index (χ2n) is 5.28. The molecule has 0 radical (unpaired) electrons. The molecule has 0 aliphatic heterocycles. The molecule has 0 bridgehead atoms. The van der Waals surface area contributed by atoms with E-state index in [2.05, 4.69) is 72.0 Å². The minimum atomic E-state index is 0.350. The fraction of sp³-hybridized carbons (Fsp3) is 0.222. The molecule has 3 rings (SSSR count). The average molecular weight is 296 g/mol. The van der Waals surface area contributed by atoms with Gasteiger partial charge in [0.15, 0.2) is 0 Å². The van der Waals surface area contributed by atoms with Crippen LogP contribution < -0.4 is 5.32 Å². The van der Waals surface area contributed by atoms with Gasteiger partial charge < -0.3 is 10.3 Å². The molecule has 1 atom stereocenters. The monoisotopic (exact) mass is 296 g/mol. The molecule has 3 aromatic rings. The van der Waals surface area contributed by atoms with E-state index in [1.807, 2.05) is 6.20 Å². The van der Waals surface area contributed by atoms with E-state index in [4.69, 9.17) is 0 Å². The van der Waals surface area contributed by atoms with E-state index in [0.717, 1.165) is 6.54 Å². The van der Waals surface area contributed by atoms with Gasteiger partial charge in [-0.15, -0.1) is 11.8 Å². The summed E-state index contributed by atoms with van der Waals surface area (Å²) in [7, 11) is 0. The van der Waals surface area contributed by atoms with Gasteiger partial charge in [0.2, 0.25) is 0 Å². The highest BCUT2D eigenvalue weighted by Crippen LogP contribution is 2.20. The average Bonchev–Trinajstić information content (AvgIpc) is 3.00. The van der Waals surface area contributed by atoms with Crippen molar-refractivity contribution in [1.29, 1.82) is 0 Å². The minimum Gasteiger partial charge on any atom is -0.361 e. The molecule has 1 aromatic heterocycles. The first-order chi connectivity index (χ1) is 10.3. The van der Waals surface area contributed by atoms with Crippen LogP contribution in [0, 0.1) is 0 Å². The van der Waals surface area contributed by atoms with Crippen molar-refractivity contribution in [3.05, 3.63) is 65.9 Å². The Bertz CT molecular complexity index is 715. The first-order valence-corrected chi connectivity index (χ1v) is 8.42. The highest BCUT2D eigenvalue weighted by molar-refractivity contribution is 7.98. The van der Waals surface area contributed by atoms with Gasteiger partial charge in [-0.3, -0.25) is 0 Å². The van der Waals surface area contributed by atoms with Crippen LogP contribution in [0.1, 0.15) is 24.1 Å². The lowest BCUT2D eigenvalue weighted by Crippen LogP contribution is -2.17. The number of H-pyrrole nitrogens is 1. The molecule has 0 saturated heterocycles. The minimum absolute atomic E-state index is 0.350. The number of aromatic nitrogens is 1. The normalized spacial score (nSPS) is 12.7. The van der Waals surface area contributed by atoms with Crippen LogP contribution in [0.25, 0.3) is 10.9 Å². The molecular formula is C18H20N2S. The number of benzene rings is 2. The maximum atomic E-state index is 3.59. The smallest absolute Gasteiger partial charge is 0.0454 e. The van der Waals surface area contributed by atoms with Gasteiger partial charge in [-0.1, -0.05) is 18.2 Å². The van der Waals surface area contributed by atoms with Gasteiger partial charge >= 0.3 is 0 Å². The Morgan fingerprint density at radius 1 is 1.10 bits per heavy atom. The van der Waals surface area contributed by atoms with E-state index in [1.165, 1.54) is 26.9 Å². The zero-order valence-electron chi connectivity index (χ0n) is 12.4. The SMILES string of the molecule is CSc1ccc(C(C)NCc2ccc3[nH]ccc3c2)cc1. The molecule has 2 nitrogen and oxygen atoms in total. The lowest BCUT2D eigenvalue weighted by Gasteiger charge is -2.15. The van der Waals surface area contributed by atoms with Gasteiger partial charge in [-0.05, 0) is 60.0 Å². The number of rotatable bonds is 5. The largest absolute Gasteiger partial charge is 0.361 e. The molecule has 0 saturated carbocycles. The third kappa shape index (κ3) is 3.31. The topological polar surface area (TPSA) is 27.8 Å². The van der Waals surface area contributed by atoms with Crippen molar-refractivity contribution in [1.82, 2.24) is 10.3 Å². The molecule has 0 aliphatic rings. The van der Waals surface area contributed by atoms with Crippen molar-refractivity contribution >= 4 is 22.7 Å². The number of aromatic amines is 1. The molecule has 108 valence electrons. The van der Waals surface area contributed by atoms with Crippen LogP contribution in [0.3, 0.4) is 0 Å². The Hall–Kier alpha value is -1.71. The summed E-state index contributed by atoms with van der Waals surface area (Å²) < 4.78 is 0. The van der Waals surface area contributed by atoms with Crippen molar-refractivity contribution in [2.24, 2.45) is 0 Å².